The Morgan fingerprint density at radius 2 is 1.86 bits per heavy atom. The summed E-state index contributed by atoms with van der Waals surface area (Å²) in [6, 6.07) is 13.3. The van der Waals surface area contributed by atoms with Gasteiger partial charge in [-0.15, -0.1) is 0 Å². The van der Waals surface area contributed by atoms with E-state index in [2.05, 4.69) is 21.4 Å². The largest absolute Gasteiger partial charge is 0.439 e. The molecule has 0 unspecified atom stereocenters. The first-order valence-electron chi connectivity index (χ1n) is 11.4. The quantitative estimate of drug-likeness (QED) is 0.443. The van der Waals surface area contributed by atoms with Crippen molar-refractivity contribution in [2.45, 2.75) is 51.7 Å². The van der Waals surface area contributed by atoms with E-state index in [1.807, 2.05) is 44.2 Å². The number of amides is 1. The van der Waals surface area contributed by atoms with Crippen molar-refractivity contribution < 1.29 is 22.7 Å². The minimum atomic E-state index is -4.43. The summed E-state index contributed by atoms with van der Waals surface area (Å²) in [5.41, 5.74) is 3.61. The van der Waals surface area contributed by atoms with Crippen LogP contribution in [0.1, 0.15) is 58.6 Å². The van der Waals surface area contributed by atoms with E-state index in [9.17, 15) is 18.0 Å². The van der Waals surface area contributed by atoms with Crippen molar-refractivity contribution in [1.29, 1.82) is 0 Å². The summed E-state index contributed by atoms with van der Waals surface area (Å²) < 4.78 is 43.8. The zero-order valence-corrected chi connectivity index (χ0v) is 19.5. The van der Waals surface area contributed by atoms with Crippen molar-refractivity contribution in [3.8, 4) is 11.6 Å². The maximum atomic E-state index is 12.7. The van der Waals surface area contributed by atoms with Gasteiger partial charge in [-0.1, -0.05) is 23.8 Å². The summed E-state index contributed by atoms with van der Waals surface area (Å²) in [5, 5.41) is 3.13. The second-order valence-corrected chi connectivity index (χ2v) is 8.69. The molecular formula is C27H26F3N3O2. The predicted octanol–water partition coefficient (Wildman–Crippen LogP) is 6.66. The lowest BCUT2D eigenvalue weighted by atomic mass is 9.89. The molecular weight excluding hydrogens is 455 g/mol. The maximum absolute atomic E-state index is 12.7. The Hall–Kier alpha value is -3.68. The lowest BCUT2D eigenvalue weighted by Crippen LogP contribution is -2.37. The fraction of sp³-hybridized carbons (Fsp3) is 0.296. The molecule has 182 valence electrons. The second-order valence-electron chi connectivity index (χ2n) is 8.69. The normalized spacial score (nSPS) is 16.0. The molecule has 8 heteroatoms. The highest BCUT2D eigenvalue weighted by molar-refractivity contribution is 5.95. The number of hydrogen-bond donors (Lipinski definition) is 1. The Morgan fingerprint density at radius 3 is 2.51 bits per heavy atom. The molecule has 0 aliphatic heterocycles. The molecule has 0 atom stereocenters. The molecule has 1 N–H and O–H groups in total. The number of halogens is 3. The van der Waals surface area contributed by atoms with Crippen molar-refractivity contribution in [3.63, 3.8) is 0 Å². The molecule has 0 radical (unpaired) electrons. The number of aromatic nitrogens is 2. The van der Waals surface area contributed by atoms with Gasteiger partial charge in [0.1, 0.15) is 5.75 Å². The van der Waals surface area contributed by atoms with Gasteiger partial charge >= 0.3 is 6.18 Å². The van der Waals surface area contributed by atoms with Crippen molar-refractivity contribution in [3.05, 3.63) is 88.4 Å². The number of alkyl halides is 3. The van der Waals surface area contributed by atoms with E-state index in [4.69, 9.17) is 4.74 Å². The van der Waals surface area contributed by atoms with Gasteiger partial charge in [0, 0.05) is 24.0 Å². The molecule has 2 aromatic heterocycles. The predicted molar refractivity (Wildman–Crippen MR) is 127 cm³/mol. The average molecular weight is 482 g/mol. The van der Waals surface area contributed by atoms with E-state index in [1.54, 1.807) is 6.07 Å². The van der Waals surface area contributed by atoms with Crippen molar-refractivity contribution in [2.75, 3.05) is 0 Å². The fourth-order valence-electron chi connectivity index (χ4n) is 4.10. The Labute approximate surface area is 202 Å². The number of ether oxygens (including phenoxy) is 1. The fourth-order valence-corrected chi connectivity index (χ4v) is 4.10. The molecule has 5 nitrogen and oxygen atoms in total. The highest BCUT2D eigenvalue weighted by atomic mass is 19.4. The average Bonchev–Trinajstić information content (AvgIpc) is 2.80. The molecule has 1 amide bonds. The van der Waals surface area contributed by atoms with Crippen LogP contribution in [0.15, 0.2) is 60.3 Å². The van der Waals surface area contributed by atoms with Gasteiger partial charge in [-0.05, 0) is 75.4 Å². The summed E-state index contributed by atoms with van der Waals surface area (Å²) >= 11 is 0. The number of benzene rings is 1. The van der Waals surface area contributed by atoms with Crippen molar-refractivity contribution in [1.82, 2.24) is 15.3 Å². The Kier molecular flexibility index (Phi) is 7.19. The van der Waals surface area contributed by atoms with Gasteiger partial charge < -0.3 is 10.1 Å². The first-order valence-corrected chi connectivity index (χ1v) is 11.4. The highest BCUT2D eigenvalue weighted by Gasteiger charge is 2.30. The van der Waals surface area contributed by atoms with Crippen LogP contribution in [0.2, 0.25) is 0 Å². The van der Waals surface area contributed by atoms with Crippen molar-refractivity contribution in [2.24, 2.45) is 0 Å². The van der Waals surface area contributed by atoms with Gasteiger partial charge in [0.05, 0.1) is 16.8 Å². The van der Waals surface area contributed by atoms with Crippen molar-refractivity contribution >= 4 is 12.0 Å². The first kappa shape index (κ1) is 24.4. The number of pyridine rings is 2. The summed E-state index contributed by atoms with van der Waals surface area (Å²) in [6.45, 7) is 3.74. The monoisotopic (exact) mass is 481 g/mol. The Balaban J connectivity index is 1.34. The lowest BCUT2D eigenvalue weighted by molar-refractivity contribution is -0.137. The van der Waals surface area contributed by atoms with E-state index >= 15 is 0 Å². The van der Waals surface area contributed by atoms with Crippen LogP contribution in [0.25, 0.3) is 6.08 Å². The lowest BCUT2D eigenvalue weighted by Gasteiger charge is -2.25. The summed E-state index contributed by atoms with van der Waals surface area (Å²) in [5.74, 6) is 0.502. The van der Waals surface area contributed by atoms with Crippen LogP contribution in [-0.4, -0.2) is 21.9 Å². The smallest absolute Gasteiger partial charge is 0.417 e. The molecule has 35 heavy (non-hydrogen) atoms. The van der Waals surface area contributed by atoms with Crippen LogP contribution < -0.4 is 10.1 Å². The Morgan fingerprint density at radius 1 is 1.09 bits per heavy atom. The van der Waals surface area contributed by atoms with Gasteiger partial charge in [0.15, 0.2) is 0 Å². The van der Waals surface area contributed by atoms with Gasteiger partial charge in [-0.2, -0.15) is 13.2 Å². The zero-order valence-electron chi connectivity index (χ0n) is 19.5. The van der Waals surface area contributed by atoms with Gasteiger partial charge in [-0.25, -0.2) is 4.98 Å². The van der Waals surface area contributed by atoms with Crippen LogP contribution in [-0.2, 0) is 6.18 Å². The molecule has 1 fully saturated rings. The number of carbonyl (C=O) groups is 1. The molecule has 1 aromatic carbocycles. The number of carbonyl (C=O) groups excluding carboxylic acids is 1. The molecule has 4 rings (SSSR count). The van der Waals surface area contributed by atoms with Crippen LogP contribution in [0.5, 0.6) is 11.6 Å². The number of allylic oxidation sites excluding steroid dienone is 1. The molecule has 1 aliphatic rings. The second kappa shape index (κ2) is 10.3. The minimum absolute atomic E-state index is 0.0887. The molecule has 0 bridgehead atoms. The van der Waals surface area contributed by atoms with Crippen LogP contribution >= 0.6 is 0 Å². The Bertz CT molecular complexity index is 1230. The molecule has 1 saturated carbocycles. The summed E-state index contributed by atoms with van der Waals surface area (Å²) in [7, 11) is 0. The molecule has 1 aliphatic carbocycles. The molecule has 0 saturated heterocycles. The minimum Gasteiger partial charge on any atom is -0.439 e. The maximum Gasteiger partial charge on any atom is 0.417 e. The van der Waals surface area contributed by atoms with E-state index in [0.29, 0.717) is 11.3 Å². The SMILES string of the molecule is Cc1ccc(C(=O)NC2CCC(=Cc3cccc(Oc4ccc(C(F)(F)F)cn4)c3)CC2)c(C)n1. The number of nitrogens with one attached hydrogen (secondary N) is 1. The van der Waals surface area contributed by atoms with Gasteiger partial charge in [0.25, 0.3) is 5.91 Å². The number of rotatable bonds is 5. The van der Waals surface area contributed by atoms with E-state index in [0.717, 1.165) is 54.9 Å². The van der Waals surface area contributed by atoms with E-state index in [1.165, 1.54) is 11.6 Å². The van der Waals surface area contributed by atoms with Crippen LogP contribution in [0.3, 0.4) is 0 Å². The summed E-state index contributed by atoms with van der Waals surface area (Å²) in [4.78, 5) is 20.7. The third-order valence-corrected chi connectivity index (χ3v) is 5.95. The first-order chi connectivity index (χ1) is 16.7. The van der Waals surface area contributed by atoms with Gasteiger partial charge in [-0.3, -0.25) is 9.78 Å². The van der Waals surface area contributed by atoms with Gasteiger partial charge in [0.2, 0.25) is 5.88 Å². The number of nitrogens with zero attached hydrogens (tertiary/aromatic N) is 2. The van der Waals surface area contributed by atoms with Crippen LogP contribution in [0.4, 0.5) is 13.2 Å². The third kappa shape index (κ3) is 6.47. The molecule has 3 aromatic rings. The molecule has 2 heterocycles. The van der Waals surface area contributed by atoms with Crippen LogP contribution in [0, 0.1) is 13.8 Å². The topological polar surface area (TPSA) is 64.1 Å². The third-order valence-electron chi connectivity index (χ3n) is 5.95. The van der Waals surface area contributed by atoms with E-state index in [-0.39, 0.29) is 17.8 Å². The summed E-state index contributed by atoms with van der Waals surface area (Å²) in [6.07, 6.45) is 1.84. The number of aryl methyl sites for hydroxylation is 2. The number of hydrogen-bond acceptors (Lipinski definition) is 4. The standard InChI is InChI=1S/C27H26F3N3O2/c1-17-6-12-24(18(2)32-17)26(34)33-22-10-7-19(8-11-22)14-20-4-3-5-23(15-20)35-25-13-9-21(16-31-25)27(28,29)30/h3-6,9,12-16,22H,7-8,10-11H2,1-2H3,(H,33,34). The highest BCUT2D eigenvalue weighted by Crippen LogP contribution is 2.31. The molecule has 0 spiro atoms. The van der Waals surface area contributed by atoms with E-state index < -0.39 is 11.7 Å². The zero-order chi connectivity index (χ0) is 25.0.